The van der Waals surface area contributed by atoms with Crippen LogP contribution in [0.3, 0.4) is 0 Å². The highest BCUT2D eigenvalue weighted by molar-refractivity contribution is 5.90. The Bertz CT molecular complexity index is 1030. The maximum absolute atomic E-state index is 13.1. The fourth-order valence-electron chi connectivity index (χ4n) is 5.07. The molecule has 2 saturated heterocycles. The lowest BCUT2D eigenvalue weighted by atomic mass is 9.82. The lowest BCUT2D eigenvalue weighted by Crippen LogP contribution is -2.49. The second-order valence-corrected chi connectivity index (χ2v) is 9.10. The number of nitrogens with one attached hydrogen (secondary N) is 1. The number of nitrogens with two attached hydrogens (primary N) is 1. The fraction of sp³-hybridized carbons (Fsp3) is 0.423. The Morgan fingerprint density at radius 2 is 1.85 bits per heavy atom. The van der Waals surface area contributed by atoms with Crippen molar-refractivity contribution in [2.24, 2.45) is 17.6 Å². The van der Waals surface area contributed by atoms with Crippen LogP contribution < -0.4 is 15.8 Å². The van der Waals surface area contributed by atoms with Gasteiger partial charge in [0.15, 0.2) is 0 Å². The van der Waals surface area contributed by atoms with E-state index in [0.717, 1.165) is 18.4 Å². The van der Waals surface area contributed by atoms with E-state index in [0.29, 0.717) is 43.9 Å². The number of benzene rings is 2. The van der Waals surface area contributed by atoms with Crippen molar-refractivity contribution in [2.45, 2.75) is 31.7 Å². The second-order valence-electron chi connectivity index (χ2n) is 9.10. The first-order chi connectivity index (χ1) is 16.4. The average Bonchev–Trinajstić information content (AvgIpc) is 3.00. The zero-order valence-electron chi connectivity index (χ0n) is 19.5. The van der Waals surface area contributed by atoms with E-state index in [1.54, 1.807) is 18.1 Å². The molecule has 8 heteroatoms. The highest BCUT2D eigenvalue weighted by Crippen LogP contribution is 2.33. The number of rotatable bonds is 6. The summed E-state index contributed by atoms with van der Waals surface area (Å²) >= 11 is 0. The van der Waals surface area contributed by atoms with Crippen LogP contribution in [0.1, 0.15) is 24.8 Å². The van der Waals surface area contributed by atoms with Gasteiger partial charge in [0.1, 0.15) is 11.8 Å². The fourth-order valence-corrected chi connectivity index (χ4v) is 5.07. The number of carbonyl (C=O) groups excluding carboxylic acids is 3. The Morgan fingerprint density at radius 1 is 1.09 bits per heavy atom. The van der Waals surface area contributed by atoms with Crippen LogP contribution in [-0.2, 0) is 16.0 Å². The van der Waals surface area contributed by atoms with Crippen LogP contribution >= 0.6 is 0 Å². The van der Waals surface area contributed by atoms with Crippen molar-refractivity contribution in [2.75, 3.05) is 32.1 Å². The van der Waals surface area contributed by atoms with Crippen molar-refractivity contribution in [1.29, 1.82) is 0 Å². The molecule has 0 bridgehead atoms. The van der Waals surface area contributed by atoms with Gasteiger partial charge in [0.25, 0.3) is 0 Å². The molecule has 2 aliphatic heterocycles. The molecule has 3 unspecified atom stereocenters. The van der Waals surface area contributed by atoms with Gasteiger partial charge < -0.3 is 25.6 Å². The van der Waals surface area contributed by atoms with E-state index in [2.05, 4.69) is 5.32 Å². The van der Waals surface area contributed by atoms with Crippen molar-refractivity contribution in [3.63, 3.8) is 0 Å². The van der Waals surface area contributed by atoms with Gasteiger partial charge in [-0.2, -0.15) is 0 Å². The number of ether oxygens (including phenoxy) is 1. The Hall–Kier alpha value is -3.55. The van der Waals surface area contributed by atoms with Gasteiger partial charge in [0.2, 0.25) is 11.8 Å². The van der Waals surface area contributed by atoms with Crippen molar-refractivity contribution in [3.05, 3.63) is 60.2 Å². The number of likely N-dealkylation sites (tertiary alicyclic amines) is 2. The molecule has 34 heavy (non-hydrogen) atoms. The lowest BCUT2D eigenvalue weighted by Gasteiger charge is -2.37. The van der Waals surface area contributed by atoms with Gasteiger partial charge in [-0.3, -0.25) is 9.59 Å². The Morgan fingerprint density at radius 3 is 2.59 bits per heavy atom. The number of urea groups is 1. The minimum absolute atomic E-state index is 0.0264. The Kier molecular flexibility index (Phi) is 7.35. The molecule has 0 saturated carbocycles. The first-order valence-electron chi connectivity index (χ1n) is 11.8. The molecule has 8 nitrogen and oxygen atoms in total. The molecular weight excluding hydrogens is 432 g/mol. The molecule has 3 N–H and O–H groups in total. The van der Waals surface area contributed by atoms with Gasteiger partial charge in [0, 0.05) is 44.2 Å². The van der Waals surface area contributed by atoms with Crippen LogP contribution in [-0.4, -0.2) is 60.4 Å². The SMILES string of the molecule is COc1cccc(NC(=O)N2CCC3CC(=O)N(C(Cc4ccccc4)C(N)=O)CCC3C2)c1. The number of anilines is 1. The first-order valence-corrected chi connectivity index (χ1v) is 11.8. The first kappa shape index (κ1) is 23.6. The quantitative estimate of drug-likeness (QED) is 0.686. The molecule has 0 aliphatic carbocycles. The summed E-state index contributed by atoms with van der Waals surface area (Å²) in [6.45, 7) is 1.64. The number of hydrogen-bond acceptors (Lipinski definition) is 4. The summed E-state index contributed by atoms with van der Waals surface area (Å²) in [5, 5.41) is 2.94. The van der Waals surface area contributed by atoms with E-state index < -0.39 is 11.9 Å². The van der Waals surface area contributed by atoms with Crippen molar-refractivity contribution < 1.29 is 19.1 Å². The van der Waals surface area contributed by atoms with Crippen LogP contribution in [0.2, 0.25) is 0 Å². The van der Waals surface area contributed by atoms with Gasteiger partial charge >= 0.3 is 6.03 Å². The minimum Gasteiger partial charge on any atom is -0.497 e. The average molecular weight is 465 g/mol. The molecule has 2 heterocycles. The second kappa shape index (κ2) is 10.6. The normalized spacial score (nSPS) is 21.3. The van der Waals surface area contributed by atoms with Gasteiger partial charge in [-0.05, 0) is 42.4 Å². The third kappa shape index (κ3) is 5.50. The number of primary amides is 1. The van der Waals surface area contributed by atoms with E-state index in [9.17, 15) is 14.4 Å². The lowest BCUT2D eigenvalue weighted by molar-refractivity contribution is -0.139. The van der Waals surface area contributed by atoms with Crippen LogP contribution in [0.5, 0.6) is 5.75 Å². The number of methoxy groups -OCH3 is 1. The van der Waals surface area contributed by atoms with Crippen LogP contribution in [0, 0.1) is 11.8 Å². The van der Waals surface area contributed by atoms with Gasteiger partial charge in [-0.1, -0.05) is 36.4 Å². The van der Waals surface area contributed by atoms with E-state index in [-0.39, 0.29) is 23.8 Å². The molecule has 0 spiro atoms. The zero-order chi connectivity index (χ0) is 24.1. The Labute approximate surface area is 200 Å². The van der Waals surface area contributed by atoms with E-state index in [4.69, 9.17) is 10.5 Å². The van der Waals surface area contributed by atoms with Gasteiger partial charge in [-0.25, -0.2) is 4.79 Å². The van der Waals surface area contributed by atoms with Gasteiger partial charge in [0.05, 0.1) is 7.11 Å². The predicted octanol–water partition coefficient (Wildman–Crippen LogP) is 2.88. The molecule has 4 amide bonds. The van der Waals surface area contributed by atoms with E-state index >= 15 is 0 Å². The summed E-state index contributed by atoms with van der Waals surface area (Å²) in [5.74, 6) is 0.564. The molecule has 2 aromatic carbocycles. The number of nitrogens with zero attached hydrogens (tertiary/aromatic N) is 2. The van der Waals surface area contributed by atoms with Crippen molar-refractivity contribution >= 4 is 23.5 Å². The summed E-state index contributed by atoms with van der Waals surface area (Å²) < 4.78 is 5.23. The van der Waals surface area contributed by atoms with Crippen LogP contribution in [0.4, 0.5) is 10.5 Å². The number of piperidine rings is 1. The molecule has 2 fully saturated rings. The predicted molar refractivity (Wildman–Crippen MR) is 129 cm³/mol. The molecule has 180 valence electrons. The molecular formula is C26H32N4O4. The highest BCUT2D eigenvalue weighted by atomic mass is 16.5. The minimum atomic E-state index is -0.664. The zero-order valence-corrected chi connectivity index (χ0v) is 19.5. The smallest absolute Gasteiger partial charge is 0.321 e. The molecule has 2 aromatic rings. The number of amides is 4. The molecule has 2 aliphatic rings. The molecule has 0 radical (unpaired) electrons. The summed E-state index contributed by atoms with van der Waals surface area (Å²) in [5.41, 5.74) is 7.38. The third-order valence-corrected chi connectivity index (χ3v) is 6.97. The highest BCUT2D eigenvalue weighted by Gasteiger charge is 2.39. The number of carbonyl (C=O) groups is 3. The third-order valence-electron chi connectivity index (χ3n) is 6.97. The van der Waals surface area contributed by atoms with Crippen LogP contribution in [0.25, 0.3) is 0 Å². The summed E-state index contributed by atoms with van der Waals surface area (Å²) in [6.07, 6.45) is 2.29. The molecule has 3 atom stereocenters. The maximum atomic E-state index is 13.1. The maximum Gasteiger partial charge on any atom is 0.321 e. The van der Waals surface area contributed by atoms with E-state index in [1.807, 2.05) is 53.4 Å². The number of hydrogen-bond donors (Lipinski definition) is 2. The van der Waals surface area contributed by atoms with Gasteiger partial charge in [-0.15, -0.1) is 0 Å². The van der Waals surface area contributed by atoms with Crippen LogP contribution in [0.15, 0.2) is 54.6 Å². The Balaban J connectivity index is 1.40. The van der Waals surface area contributed by atoms with Crippen molar-refractivity contribution in [1.82, 2.24) is 9.80 Å². The monoisotopic (exact) mass is 464 g/mol. The summed E-state index contributed by atoms with van der Waals surface area (Å²) in [4.78, 5) is 41.8. The van der Waals surface area contributed by atoms with E-state index in [1.165, 1.54) is 0 Å². The topological polar surface area (TPSA) is 105 Å². The van der Waals surface area contributed by atoms with Crippen molar-refractivity contribution in [3.8, 4) is 5.75 Å². The molecule has 4 rings (SSSR count). The summed E-state index contributed by atoms with van der Waals surface area (Å²) in [7, 11) is 1.59. The number of fused-ring (bicyclic) bond motifs is 1. The largest absolute Gasteiger partial charge is 0.497 e. The molecule has 0 aromatic heterocycles. The standard InChI is InChI=1S/C26H32N4O4/c1-34-22-9-5-8-21(16-22)28-26(33)29-12-10-19-15-24(31)30(13-11-20(19)17-29)23(25(27)32)14-18-6-3-2-4-7-18/h2-9,16,19-20,23H,10-15,17H2,1H3,(H2,27,32)(H,28,33). The summed E-state index contributed by atoms with van der Waals surface area (Å²) in [6, 6.07) is 16.1.